The number of fused-ring (bicyclic) bond motifs is 1. The average molecular weight is 416 g/mol. The van der Waals surface area contributed by atoms with Gasteiger partial charge in [0.1, 0.15) is 11.9 Å². The zero-order valence-corrected chi connectivity index (χ0v) is 16.5. The Kier molecular flexibility index (Phi) is 4.84. The van der Waals surface area contributed by atoms with Crippen LogP contribution >= 0.6 is 0 Å². The average Bonchev–Trinajstić information content (AvgIpc) is 3.06. The molecule has 10 nitrogen and oxygen atoms in total. The van der Waals surface area contributed by atoms with E-state index in [0.29, 0.717) is 30.1 Å². The normalized spacial score (nSPS) is 16.1. The topological polar surface area (TPSA) is 134 Å². The number of nitrogens with zero attached hydrogens (tertiary/aromatic N) is 4. The number of tetrazole rings is 1. The lowest BCUT2D eigenvalue weighted by atomic mass is 10.0. The van der Waals surface area contributed by atoms with E-state index in [4.69, 9.17) is 10.5 Å². The van der Waals surface area contributed by atoms with Crippen molar-refractivity contribution in [2.24, 2.45) is 12.8 Å². The van der Waals surface area contributed by atoms with Gasteiger partial charge < -0.3 is 10.5 Å². The standard InChI is InChI=1S/C18H20N6O4S/c1-23-18(25)24(22-21-23)14-5-3-13(4-6-14)20-29(26,27)16-8-9-17-12(10-16)2-7-15(11-19)28-17/h3-6,8-10,15,20H,2,7,11,19H2,1H3. The Morgan fingerprint density at radius 2 is 1.97 bits per heavy atom. The maximum atomic E-state index is 12.8. The zero-order valence-electron chi connectivity index (χ0n) is 15.6. The number of hydrogen-bond donors (Lipinski definition) is 2. The first kappa shape index (κ1) is 19.2. The Labute approximate surface area is 166 Å². The minimum Gasteiger partial charge on any atom is -0.489 e. The van der Waals surface area contributed by atoms with Gasteiger partial charge >= 0.3 is 5.69 Å². The third-order valence-electron chi connectivity index (χ3n) is 4.72. The molecule has 3 aromatic rings. The second-order valence-electron chi connectivity index (χ2n) is 6.73. The Bertz CT molecular complexity index is 1200. The fourth-order valence-corrected chi connectivity index (χ4v) is 4.22. The van der Waals surface area contributed by atoms with Crippen molar-refractivity contribution in [3.63, 3.8) is 0 Å². The summed E-state index contributed by atoms with van der Waals surface area (Å²) in [5, 5.41) is 7.40. The molecule has 1 aromatic heterocycles. The van der Waals surface area contributed by atoms with Gasteiger partial charge in [0.2, 0.25) is 0 Å². The fourth-order valence-electron chi connectivity index (χ4n) is 3.11. The van der Waals surface area contributed by atoms with Crippen molar-refractivity contribution in [2.75, 3.05) is 11.3 Å². The van der Waals surface area contributed by atoms with Gasteiger partial charge in [-0.05, 0) is 71.3 Å². The minimum atomic E-state index is -3.78. The SMILES string of the molecule is Cn1nnn(-c2ccc(NS(=O)(=O)c3ccc4c(c3)CCC(CN)O4)cc2)c1=O. The molecule has 2 aromatic carbocycles. The first-order valence-electron chi connectivity index (χ1n) is 8.99. The number of benzene rings is 2. The Morgan fingerprint density at radius 1 is 1.21 bits per heavy atom. The predicted molar refractivity (Wildman–Crippen MR) is 106 cm³/mol. The van der Waals surface area contributed by atoms with E-state index in [2.05, 4.69) is 15.1 Å². The number of nitrogens with one attached hydrogen (secondary N) is 1. The lowest BCUT2D eigenvalue weighted by Crippen LogP contribution is -2.30. The van der Waals surface area contributed by atoms with Gasteiger partial charge in [-0.15, -0.1) is 0 Å². The molecule has 3 N–H and O–H groups in total. The molecule has 1 atom stereocenters. The molecule has 152 valence electrons. The van der Waals surface area contributed by atoms with Crippen LogP contribution in [0.1, 0.15) is 12.0 Å². The van der Waals surface area contributed by atoms with Crippen LogP contribution in [0.4, 0.5) is 5.69 Å². The van der Waals surface area contributed by atoms with Gasteiger partial charge in [-0.25, -0.2) is 13.2 Å². The molecule has 0 saturated carbocycles. The van der Waals surface area contributed by atoms with Gasteiger partial charge in [-0.1, -0.05) is 0 Å². The van der Waals surface area contributed by atoms with Gasteiger partial charge in [-0.2, -0.15) is 9.36 Å². The molecule has 1 unspecified atom stereocenters. The molecule has 1 aliphatic heterocycles. The van der Waals surface area contributed by atoms with Crippen molar-refractivity contribution in [1.29, 1.82) is 0 Å². The molecular weight excluding hydrogens is 396 g/mol. The number of aryl methyl sites for hydroxylation is 2. The second kappa shape index (κ2) is 7.33. The maximum absolute atomic E-state index is 12.8. The van der Waals surface area contributed by atoms with Crippen LogP contribution in [0.25, 0.3) is 5.69 Å². The van der Waals surface area contributed by atoms with Crippen molar-refractivity contribution in [1.82, 2.24) is 19.8 Å². The van der Waals surface area contributed by atoms with Crippen molar-refractivity contribution < 1.29 is 13.2 Å². The molecule has 2 heterocycles. The van der Waals surface area contributed by atoms with Gasteiger partial charge in [0.25, 0.3) is 10.0 Å². The van der Waals surface area contributed by atoms with Crippen LogP contribution in [0, 0.1) is 0 Å². The van der Waals surface area contributed by atoms with Crippen LogP contribution in [0.2, 0.25) is 0 Å². The highest BCUT2D eigenvalue weighted by Crippen LogP contribution is 2.30. The fraction of sp³-hybridized carbons (Fsp3) is 0.278. The van der Waals surface area contributed by atoms with E-state index in [9.17, 15) is 13.2 Å². The monoisotopic (exact) mass is 416 g/mol. The summed E-state index contributed by atoms with van der Waals surface area (Å²) in [5.41, 5.74) is 6.93. The van der Waals surface area contributed by atoms with Crippen molar-refractivity contribution in [2.45, 2.75) is 23.8 Å². The van der Waals surface area contributed by atoms with Gasteiger partial charge in [0, 0.05) is 19.3 Å². The Balaban J connectivity index is 1.55. The molecule has 1 aliphatic rings. The van der Waals surface area contributed by atoms with Crippen molar-refractivity contribution in [3.05, 3.63) is 58.5 Å². The molecule has 0 radical (unpaired) electrons. The molecule has 0 bridgehead atoms. The maximum Gasteiger partial charge on any atom is 0.368 e. The number of ether oxygens (including phenoxy) is 1. The van der Waals surface area contributed by atoms with E-state index in [0.717, 1.165) is 21.3 Å². The lowest BCUT2D eigenvalue weighted by molar-refractivity contribution is 0.181. The summed E-state index contributed by atoms with van der Waals surface area (Å²) in [6.07, 6.45) is 1.43. The molecule has 0 amide bonds. The lowest BCUT2D eigenvalue weighted by Gasteiger charge is -2.25. The highest BCUT2D eigenvalue weighted by molar-refractivity contribution is 7.92. The highest BCUT2D eigenvalue weighted by atomic mass is 32.2. The summed E-state index contributed by atoms with van der Waals surface area (Å²) in [4.78, 5) is 12.1. The van der Waals surface area contributed by atoms with Gasteiger partial charge in [0.15, 0.2) is 0 Å². The van der Waals surface area contributed by atoms with Crippen LogP contribution in [-0.2, 0) is 23.5 Å². The Hall–Kier alpha value is -3.18. The van der Waals surface area contributed by atoms with Crippen molar-refractivity contribution in [3.8, 4) is 11.4 Å². The molecule has 0 aliphatic carbocycles. The number of hydrogen-bond acceptors (Lipinski definition) is 7. The first-order valence-corrected chi connectivity index (χ1v) is 10.5. The van der Waals surface area contributed by atoms with Crippen LogP contribution in [0.5, 0.6) is 5.75 Å². The number of aromatic nitrogens is 4. The van der Waals surface area contributed by atoms with Gasteiger partial charge in [0.05, 0.1) is 10.6 Å². The van der Waals surface area contributed by atoms with E-state index < -0.39 is 15.7 Å². The molecule has 29 heavy (non-hydrogen) atoms. The zero-order chi connectivity index (χ0) is 20.6. The number of rotatable bonds is 5. The third-order valence-corrected chi connectivity index (χ3v) is 6.10. The molecular formula is C18H20N6O4S. The van der Waals surface area contributed by atoms with Crippen LogP contribution < -0.4 is 20.9 Å². The summed E-state index contributed by atoms with van der Waals surface area (Å²) in [6, 6.07) is 11.1. The first-order chi connectivity index (χ1) is 13.9. The second-order valence-corrected chi connectivity index (χ2v) is 8.42. The molecule has 0 spiro atoms. The quantitative estimate of drug-likeness (QED) is 0.615. The number of sulfonamides is 1. The molecule has 11 heteroatoms. The summed E-state index contributed by atoms with van der Waals surface area (Å²) >= 11 is 0. The van der Waals surface area contributed by atoms with Crippen LogP contribution in [0.3, 0.4) is 0 Å². The molecule has 0 saturated heterocycles. The largest absolute Gasteiger partial charge is 0.489 e. The van der Waals surface area contributed by atoms with E-state index in [1.54, 1.807) is 36.4 Å². The summed E-state index contributed by atoms with van der Waals surface area (Å²) in [6.45, 7) is 0.428. The minimum absolute atomic E-state index is 0.0385. The third kappa shape index (κ3) is 3.74. The van der Waals surface area contributed by atoms with E-state index >= 15 is 0 Å². The highest BCUT2D eigenvalue weighted by Gasteiger charge is 2.22. The van der Waals surface area contributed by atoms with Gasteiger partial charge in [-0.3, -0.25) is 4.72 Å². The smallest absolute Gasteiger partial charge is 0.368 e. The molecule has 0 fully saturated rings. The van der Waals surface area contributed by atoms with E-state index in [-0.39, 0.29) is 11.0 Å². The van der Waals surface area contributed by atoms with E-state index in [1.165, 1.54) is 13.1 Å². The Morgan fingerprint density at radius 3 is 2.62 bits per heavy atom. The summed E-state index contributed by atoms with van der Waals surface area (Å²) in [5.74, 6) is 0.671. The predicted octanol–water partition coefficient (Wildman–Crippen LogP) is 0.419. The van der Waals surface area contributed by atoms with Crippen LogP contribution in [-0.4, -0.2) is 40.9 Å². The van der Waals surface area contributed by atoms with Crippen LogP contribution in [0.15, 0.2) is 52.2 Å². The van der Waals surface area contributed by atoms with Crippen molar-refractivity contribution >= 4 is 15.7 Å². The number of nitrogens with two attached hydrogens (primary N) is 1. The molecule has 4 rings (SSSR count). The van der Waals surface area contributed by atoms with E-state index in [1.807, 2.05) is 0 Å². The summed E-state index contributed by atoms with van der Waals surface area (Å²) < 4.78 is 36.1. The summed E-state index contributed by atoms with van der Waals surface area (Å²) in [7, 11) is -2.28. The number of anilines is 1.